The average molecular weight is 456 g/mol. The third kappa shape index (κ3) is 5.19. The number of benzene rings is 2. The molecule has 1 amide bonds. The third-order valence-corrected chi connectivity index (χ3v) is 5.13. The Bertz CT molecular complexity index is 1360. The maximum absolute atomic E-state index is 13.0. The quantitative estimate of drug-likeness (QED) is 0.256. The molecule has 0 radical (unpaired) electrons. The number of hydrogen-bond donors (Lipinski definition) is 1. The molecule has 0 bridgehead atoms. The number of fused-ring (bicyclic) bond motifs is 1. The number of aryl methyl sites for hydroxylation is 1. The van der Waals surface area contributed by atoms with Gasteiger partial charge in [-0.3, -0.25) is 4.79 Å². The summed E-state index contributed by atoms with van der Waals surface area (Å²) in [6, 6.07) is 15.3. The maximum Gasteiger partial charge on any atom is 0.264 e. The summed E-state index contributed by atoms with van der Waals surface area (Å²) >= 11 is 0. The number of aromatic nitrogens is 1. The summed E-state index contributed by atoms with van der Waals surface area (Å²) in [5.41, 5.74) is 3.68. The Kier molecular flexibility index (Phi) is 7.56. The fourth-order valence-electron chi connectivity index (χ4n) is 3.71. The monoisotopic (exact) mass is 455 g/mol. The highest BCUT2D eigenvalue weighted by Gasteiger charge is 2.19. The lowest BCUT2D eigenvalue weighted by atomic mass is 10.1. The fraction of sp³-hybridized carbons (Fsp3) is 0.214. The molecule has 0 spiro atoms. The van der Waals surface area contributed by atoms with Crippen LogP contribution in [0.25, 0.3) is 22.2 Å². The highest BCUT2D eigenvalue weighted by atomic mass is 19.1. The molecule has 0 aliphatic heterocycles. The molecule has 1 heterocycles. The highest BCUT2D eigenvalue weighted by molar-refractivity contribution is 6.07. The zero-order valence-electron chi connectivity index (χ0n) is 19.6. The summed E-state index contributed by atoms with van der Waals surface area (Å²) in [5.74, 6) is 2.05. The van der Waals surface area contributed by atoms with Gasteiger partial charge in [0.15, 0.2) is 0 Å². The van der Waals surface area contributed by atoms with Crippen LogP contribution in [0, 0.1) is 23.7 Å². The number of terminal acetylenes is 1. The fourth-order valence-corrected chi connectivity index (χ4v) is 3.71. The van der Waals surface area contributed by atoms with Crippen molar-refractivity contribution >= 4 is 22.5 Å². The summed E-state index contributed by atoms with van der Waals surface area (Å²) < 4.78 is 20.9. The Morgan fingerprint density at radius 1 is 1.24 bits per heavy atom. The van der Waals surface area contributed by atoms with Crippen LogP contribution in [0.4, 0.5) is 10.1 Å². The molecule has 3 aromatic rings. The molecule has 3 rings (SSSR count). The topological polar surface area (TPSA) is 67.1 Å². The van der Waals surface area contributed by atoms with Crippen molar-refractivity contribution in [3.63, 3.8) is 0 Å². The van der Waals surface area contributed by atoms with Gasteiger partial charge in [-0.05, 0) is 69.7 Å². The zero-order chi connectivity index (χ0) is 24.8. The van der Waals surface area contributed by atoms with Crippen LogP contribution < -0.4 is 10.1 Å². The van der Waals surface area contributed by atoms with E-state index in [1.165, 1.54) is 13.0 Å². The van der Waals surface area contributed by atoms with Crippen LogP contribution in [-0.4, -0.2) is 16.6 Å². The summed E-state index contributed by atoms with van der Waals surface area (Å²) in [4.78, 5) is 12.4. The van der Waals surface area contributed by atoms with Crippen molar-refractivity contribution in [1.82, 2.24) is 4.57 Å². The summed E-state index contributed by atoms with van der Waals surface area (Å²) in [7, 11) is 0. The molecule has 172 valence electrons. The normalized spacial score (nSPS) is 11.9. The lowest BCUT2D eigenvalue weighted by Crippen LogP contribution is -2.13. The Labute approximate surface area is 199 Å². The minimum atomic E-state index is -0.509. The van der Waals surface area contributed by atoms with E-state index in [0.29, 0.717) is 17.8 Å². The number of carbonyl (C=O) groups is 1. The number of nitrogens with one attached hydrogen (secondary N) is 1. The van der Waals surface area contributed by atoms with Crippen molar-refractivity contribution < 1.29 is 13.9 Å². The smallest absolute Gasteiger partial charge is 0.264 e. The first-order chi connectivity index (χ1) is 16.3. The number of ether oxygens (including phenoxy) is 1. The number of anilines is 1. The molecule has 5 nitrogen and oxygen atoms in total. The molecular formula is C28H26FN3O2. The second-order valence-corrected chi connectivity index (χ2v) is 7.93. The number of carbonyl (C=O) groups excluding carboxylic acids is 1. The average Bonchev–Trinajstić information content (AvgIpc) is 3.12. The van der Waals surface area contributed by atoms with Gasteiger partial charge >= 0.3 is 0 Å². The van der Waals surface area contributed by atoms with Gasteiger partial charge in [-0.1, -0.05) is 18.1 Å². The van der Waals surface area contributed by atoms with E-state index in [9.17, 15) is 14.4 Å². The van der Waals surface area contributed by atoms with Gasteiger partial charge < -0.3 is 14.6 Å². The van der Waals surface area contributed by atoms with Gasteiger partial charge in [-0.15, -0.1) is 6.42 Å². The molecule has 0 atom stereocenters. The molecular weight excluding hydrogens is 429 g/mol. The van der Waals surface area contributed by atoms with Gasteiger partial charge in [0.25, 0.3) is 5.91 Å². The number of amides is 1. The summed E-state index contributed by atoms with van der Waals surface area (Å²) in [6.45, 7) is 7.89. The van der Waals surface area contributed by atoms with Crippen molar-refractivity contribution in [1.29, 1.82) is 5.26 Å². The molecule has 0 fully saturated rings. The first-order valence-electron chi connectivity index (χ1n) is 10.9. The van der Waals surface area contributed by atoms with Crippen molar-refractivity contribution in [3.05, 3.63) is 71.6 Å². The van der Waals surface area contributed by atoms with Crippen LogP contribution >= 0.6 is 0 Å². The molecule has 0 saturated heterocycles. The second kappa shape index (κ2) is 10.6. The number of hydrogen-bond acceptors (Lipinski definition) is 3. The van der Waals surface area contributed by atoms with Gasteiger partial charge in [-0.25, -0.2) is 4.39 Å². The molecule has 0 aliphatic carbocycles. The van der Waals surface area contributed by atoms with Gasteiger partial charge in [0.05, 0.1) is 34.3 Å². The third-order valence-electron chi connectivity index (χ3n) is 5.13. The van der Waals surface area contributed by atoms with E-state index in [1.807, 2.05) is 51.1 Å². The molecule has 34 heavy (non-hydrogen) atoms. The van der Waals surface area contributed by atoms with Crippen LogP contribution in [0.15, 0.2) is 66.0 Å². The first-order valence-corrected chi connectivity index (χ1v) is 10.9. The minimum Gasteiger partial charge on any atom is -0.491 e. The van der Waals surface area contributed by atoms with E-state index in [4.69, 9.17) is 11.2 Å². The van der Waals surface area contributed by atoms with Gasteiger partial charge in [-0.2, -0.15) is 5.26 Å². The molecule has 0 saturated carbocycles. The van der Waals surface area contributed by atoms with E-state index >= 15 is 0 Å². The van der Waals surface area contributed by atoms with Crippen LogP contribution in [-0.2, 0) is 11.3 Å². The summed E-state index contributed by atoms with van der Waals surface area (Å²) in [6.07, 6.45) is 7.82. The summed E-state index contributed by atoms with van der Waals surface area (Å²) in [5, 5.41) is 13.5. The van der Waals surface area contributed by atoms with Crippen LogP contribution in [0.3, 0.4) is 0 Å². The van der Waals surface area contributed by atoms with E-state index in [-0.39, 0.29) is 11.7 Å². The number of allylic oxidation sites excluding steroid dienone is 3. The van der Waals surface area contributed by atoms with Crippen molar-refractivity contribution in [3.8, 4) is 35.4 Å². The standard InChI is InChI=1S/C28H26FN3O2/c1-6-20(9-8-19(5)29)28(33)31-22-12-10-21(11-13-22)27-25(17-30)24-15-14-23(34-18(3)4)16-26(24)32(27)7-2/h1,8-16,18H,7H2,2-5H3,(H,31,33). The highest BCUT2D eigenvalue weighted by Crippen LogP contribution is 2.36. The van der Waals surface area contributed by atoms with E-state index in [1.54, 1.807) is 12.1 Å². The van der Waals surface area contributed by atoms with E-state index in [0.717, 1.165) is 34.0 Å². The first kappa shape index (κ1) is 24.4. The predicted octanol–water partition coefficient (Wildman–Crippen LogP) is 6.36. The number of nitrogens with zero attached hydrogens (tertiary/aromatic N) is 2. The lowest BCUT2D eigenvalue weighted by molar-refractivity contribution is -0.112. The Morgan fingerprint density at radius 3 is 2.50 bits per heavy atom. The molecule has 6 heteroatoms. The largest absolute Gasteiger partial charge is 0.491 e. The minimum absolute atomic E-state index is 0.0124. The molecule has 2 aromatic carbocycles. The lowest BCUT2D eigenvalue weighted by Gasteiger charge is -2.12. The van der Waals surface area contributed by atoms with Gasteiger partial charge in [0.2, 0.25) is 0 Å². The predicted molar refractivity (Wildman–Crippen MR) is 134 cm³/mol. The second-order valence-electron chi connectivity index (χ2n) is 7.93. The molecule has 0 aliphatic rings. The van der Waals surface area contributed by atoms with Crippen LogP contribution in [0.1, 0.15) is 33.3 Å². The number of nitriles is 1. The SMILES string of the molecule is C#CC(=CC=C(C)F)C(=O)Nc1ccc(-c2c(C#N)c3ccc(OC(C)C)cc3n2CC)cc1. The van der Waals surface area contributed by atoms with Crippen molar-refractivity contribution in [2.45, 2.75) is 40.3 Å². The molecule has 1 aromatic heterocycles. The molecule has 1 N–H and O–H groups in total. The van der Waals surface area contributed by atoms with Gasteiger partial charge in [0.1, 0.15) is 11.8 Å². The van der Waals surface area contributed by atoms with Gasteiger partial charge in [0, 0.05) is 23.7 Å². The Morgan fingerprint density at radius 2 is 1.94 bits per heavy atom. The van der Waals surface area contributed by atoms with Crippen LogP contribution in [0.2, 0.25) is 0 Å². The zero-order valence-corrected chi connectivity index (χ0v) is 19.6. The number of rotatable bonds is 7. The molecule has 0 unspecified atom stereocenters. The number of halogens is 1. The van der Waals surface area contributed by atoms with Crippen molar-refractivity contribution in [2.75, 3.05) is 5.32 Å². The Balaban J connectivity index is 1.98. The van der Waals surface area contributed by atoms with E-state index in [2.05, 4.69) is 21.9 Å². The van der Waals surface area contributed by atoms with Crippen molar-refractivity contribution in [2.24, 2.45) is 0 Å². The van der Waals surface area contributed by atoms with Crippen LogP contribution in [0.5, 0.6) is 5.75 Å². The van der Waals surface area contributed by atoms with E-state index < -0.39 is 11.7 Å². The Hall–Kier alpha value is -4.29. The maximum atomic E-state index is 13.0.